The van der Waals surface area contributed by atoms with Gasteiger partial charge in [0.2, 0.25) is 0 Å². The molecule has 2 rings (SSSR count). The molecule has 0 aromatic carbocycles. The summed E-state index contributed by atoms with van der Waals surface area (Å²) in [5.41, 5.74) is -0.410. The maximum atomic E-state index is 12.5. The summed E-state index contributed by atoms with van der Waals surface area (Å²) in [6, 6.07) is 0.311. The Labute approximate surface area is 129 Å². The van der Waals surface area contributed by atoms with Crippen LogP contribution in [0.4, 0.5) is 4.79 Å². The third-order valence-electron chi connectivity index (χ3n) is 4.92. The zero-order valence-corrected chi connectivity index (χ0v) is 14.2. The Kier molecular flexibility index (Phi) is 5.53. The van der Waals surface area contributed by atoms with Gasteiger partial charge in [-0.2, -0.15) is 0 Å². The zero-order chi connectivity index (χ0) is 15.5. The standard InChI is InChI=1S/C17H32N2O2/c1-5-13-6-8-14(9-7-13)15-12-18-10-11-19(15)16(20)21-17(2,3)4/h13-15,18H,5-12H2,1-4H3. The Morgan fingerprint density at radius 3 is 2.48 bits per heavy atom. The van der Waals surface area contributed by atoms with Gasteiger partial charge in [0.1, 0.15) is 5.60 Å². The summed E-state index contributed by atoms with van der Waals surface area (Å²) in [7, 11) is 0. The molecular weight excluding hydrogens is 264 g/mol. The molecule has 1 saturated heterocycles. The van der Waals surface area contributed by atoms with Crippen LogP contribution in [-0.2, 0) is 4.74 Å². The lowest BCUT2D eigenvalue weighted by atomic mass is 9.77. The Hall–Kier alpha value is -0.770. The molecule has 1 aliphatic heterocycles. The number of rotatable bonds is 2. The molecule has 0 bridgehead atoms. The summed E-state index contributed by atoms with van der Waals surface area (Å²) in [4.78, 5) is 14.4. The van der Waals surface area contributed by atoms with Gasteiger partial charge in [-0.1, -0.05) is 26.2 Å². The number of piperazine rings is 1. The number of amides is 1. The quantitative estimate of drug-likeness (QED) is 0.849. The second-order valence-electron chi connectivity index (χ2n) is 7.63. The van der Waals surface area contributed by atoms with Gasteiger partial charge in [-0.3, -0.25) is 0 Å². The molecule has 122 valence electrons. The second-order valence-corrected chi connectivity index (χ2v) is 7.63. The first-order chi connectivity index (χ1) is 9.90. The minimum absolute atomic E-state index is 0.133. The fourth-order valence-corrected chi connectivity index (χ4v) is 3.68. The van der Waals surface area contributed by atoms with E-state index >= 15 is 0 Å². The average molecular weight is 296 g/mol. The van der Waals surface area contributed by atoms with Crippen molar-refractivity contribution in [1.29, 1.82) is 0 Å². The topological polar surface area (TPSA) is 41.6 Å². The lowest BCUT2D eigenvalue weighted by Gasteiger charge is -2.43. The number of nitrogens with one attached hydrogen (secondary N) is 1. The van der Waals surface area contributed by atoms with Gasteiger partial charge in [0.05, 0.1) is 6.04 Å². The van der Waals surface area contributed by atoms with Crippen LogP contribution in [0.15, 0.2) is 0 Å². The first-order valence-corrected chi connectivity index (χ1v) is 8.61. The molecule has 0 aromatic heterocycles. The van der Waals surface area contributed by atoms with Crippen molar-refractivity contribution in [3.8, 4) is 0 Å². The summed E-state index contributed by atoms with van der Waals surface area (Å²) in [5, 5.41) is 3.46. The molecule has 4 nitrogen and oxygen atoms in total. The molecular formula is C17H32N2O2. The van der Waals surface area contributed by atoms with E-state index in [0.29, 0.717) is 12.0 Å². The van der Waals surface area contributed by atoms with E-state index in [-0.39, 0.29) is 6.09 Å². The Morgan fingerprint density at radius 1 is 1.24 bits per heavy atom. The van der Waals surface area contributed by atoms with Crippen LogP contribution in [0, 0.1) is 11.8 Å². The highest BCUT2D eigenvalue weighted by Crippen LogP contribution is 2.34. The Bertz CT molecular complexity index is 343. The molecule has 0 aromatic rings. The molecule has 1 N–H and O–H groups in total. The van der Waals surface area contributed by atoms with E-state index < -0.39 is 5.60 Å². The Morgan fingerprint density at radius 2 is 1.90 bits per heavy atom. The van der Waals surface area contributed by atoms with E-state index in [2.05, 4.69) is 12.2 Å². The van der Waals surface area contributed by atoms with Gasteiger partial charge in [0.25, 0.3) is 0 Å². The molecule has 2 aliphatic rings. The van der Waals surface area contributed by atoms with Crippen molar-refractivity contribution >= 4 is 6.09 Å². The molecule has 1 heterocycles. The lowest BCUT2D eigenvalue weighted by Crippen LogP contribution is -2.57. The van der Waals surface area contributed by atoms with Gasteiger partial charge < -0.3 is 15.0 Å². The van der Waals surface area contributed by atoms with Crippen LogP contribution < -0.4 is 5.32 Å². The lowest BCUT2D eigenvalue weighted by molar-refractivity contribution is 0.000167. The first kappa shape index (κ1) is 16.6. The monoisotopic (exact) mass is 296 g/mol. The molecule has 0 spiro atoms. The molecule has 0 radical (unpaired) electrons. The number of nitrogens with zero attached hydrogens (tertiary/aromatic N) is 1. The fraction of sp³-hybridized carbons (Fsp3) is 0.941. The van der Waals surface area contributed by atoms with Crippen molar-refractivity contribution in [2.75, 3.05) is 19.6 Å². The normalized spacial score (nSPS) is 31.0. The first-order valence-electron chi connectivity index (χ1n) is 8.61. The summed E-state index contributed by atoms with van der Waals surface area (Å²) in [6.45, 7) is 10.7. The minimum atomic E-state index is -0.410. The van der Waals surface area contributed by atoms with Crippen LogP contribution in [0.25, 0.3) is 0 Å². The molecule has 1 aliphatic carbocycles. The molecule has 1 unspecified atom stereocenters. The van der Waals surface area contributed by atoms with Crippen LogP contribution >= 0.6 is 0 Å². The predicted molar refractivity (Wildman–Crippen MR) is 85.3 cm³/mol. The Balaban J connectivity index is 1.97. The maximum Gasteiger partial charge on any atom is 0.410 e. The van der Waals surface area contributed by atoms with Gasteiger partial charge in [-0.25, -0.2) is 4.79 Å². The van der Waals surface area contributed by atoms with Crippen molar-refractivity contribution in [3.63, 3.8) is 0 Å². The van der Waals surface area contributed by atoms with Crippen LogP contribution in [0.5, 0.6) is 0 Å². The minimum Gasteiger partial charge on any atom is -0.444 e. The van der Waals surface area contributed by atoms with Crippen molar-refractivity contribution in [1.82, 2.24) is 10.2 Å². The third-order valence-corrected chi connectivity index (χ3v) is 4.92. The summed E-state index contributed by atoms with van der Waals surface area (Å²) >= 11 is 0. The molecule has 1 saturated carbocycles. The van der Waals surface area contributed by atoms with Gasteiger partial charge >= 0.3 is 6.09 Å². The number of ether oxygens (including phenoxy) is 1. The van der Waals surface area contributed by atoms with Crippen LogP contribution in [0.2, 0.25) is 0 Å². The molecule has 1 amide bonds. The van der Waals surface area contributed by atoms with E-state index in [1.54, 1.807) is 0 Å². The molecule has 4 heteroatoms. The van der Waals surface area contributed by atoms with Crippen LogP contribution in [0.3, 0.4) is 0 Å². The third kappa shape index (κ3) is 4.60. The van der Waals surface area contributed by atoms with Gasteiger partial charge in [0.15, 0.2) is 0 Å². The van der Waals surface area contributed by atoms with Gasteiger partial charge in [0, 0.05) is 19.6 Å². The highest BCUT2D eigenvalue weighted by Gasteiger charge is 2.36. The SMILES string of the molecule is CCC1CCC(C2CNCCN2C(=O)OC(C)(C)C)CC1. The second kappa shape index (κ2) is 6.99. The van der Waals surface area contributed by atoms with E-state index in [9.17, 15) is 4.79 Å². The predicted octanol–water partition coefficient (Wildman–Crippen LogP) is 3.41. The highest BCUT2D eigenvalue weighted by atomic mass is 16.6. The van der Waals surface area contributed by atoms with E-state index in [1.807, 2.05) is 25.7 Å². The average Bonchev–Trinajstić information content (AvgIpc) is 2.45. The van der Waals surface area contributed by atoms with Gasteiger partial charge in [-0.15, -0.1) is 0 Å². The molecule has 21 heavy (non-hydrogen) atoms. The molecule has 1 atom stereocenters. The van der Waals surface area contributed by atoms with Crippen molar-refractivity contribution < 1.29 is 9.53 Å². The van der Waals surface area contributed by atoms with Crippen molar-refractivity contribution in [2.24, 2.45) is 11.8 Å². The van der Waals surface area contributed by atoms with E-state index in [4.69, 9.17) is 4.74 Å². The molecule has 2 fully saturated rings. The van der Waals surface area contributed by atoms with Crippen molar-refractivity contribution in [3.05, 3.63) is 0 Å². The number of hydrogen-bond donors (Lipinski definition) is 1. The van der Waals surface area contributed by atoms with Crippen LogP contribution in [-0.4, -0.2) is 42.3 Å². The highest BCUT2D eigenvalue weighted by molar-refractivity contribution is 5.68. The van der Waals surface area contributed by atoms with Crippen molar-refractivity contribution in [2.45, 2.75) is 71.4 Å². The zero-order valence-electron chi connectivity index (χ0n) is 14.2. The van der Waals surface area contributed by atoms with E-state index in [1.165, 1.54) is 32.1 Å². The van der Waals surface area contributed by atoms with Crippen LogP contribution in [0.1, 0.15) is 59.8 Å². The smallest absolute Gasteiger partial charge is 0.410 e. The summed E-state index contributed by atoms with van der Waals surface area (Å²) in [5.74, 6) is 1.53. The number of carbonyl (C=O) groups is 1. The number of carbonyl (C=O) groups excluding carboxylic acids is 1. The van der Waals surface area contributed by atoms with Gasteiger partial charge in [-0.05, 0) is 45.4 Å². The van der Waals surface area contributed by atoms with E-state index in [0.717, 1.165) is 25.6 Å². The fourth-order valence-electron chi connectivity index (χ4n) is 3.68. The maximum absolute atomic E-state index is 12.5. The summed E-state index contributed by atoms with van der Waals surface area (Å²) in [6.07, 6.45) is 6.31. The largest absolute Gasteiger partial charge is 0.444 e. The summed E-state index contributed by atoms with van der Waals surface area (Å²) < 4.78 is 5.60. The number of hydrogen-bond acceptors (Lipinski definition) is 3.